The van der Waals surface area contributed by atoms with E-state index in [0.29, 0.717) is 12.5 Å². The lowest BCUT2D eigenvalue weighted by Crippen LogP contribution is -2.41. The summed E-state index contributed by atoms with van der Waals surface area (Å²) in [5.41, 5.74) is 0. The van der Waals surface area contributed by atoms with Crippen molar-refractivity contribution in [3.8, 4) is 0 Å². The van der Waals surface area contributed by atoms with E-state index in [-0.39, 0.29) is 0 Å². The van der Waals surface area contributed by atoms with E-state index < -0.39 is 0 Å². The predicted octanol–water partition coefficient (Wildman–Crippen LogP) is 1.80. The van der Waals surface area contributed by atoms with Gasteiger partial charge in [0, 0.05) is 38.0 Å². The van der Waals surface area contributed by atoms with Gasteiger partial charge in [0.15, 0.2) is 11.8 Å². The van der Waals surface area contributed by atoms with Crippen LogP contribution in [0.25, 0.3) is 0 Å². The highest BCUT2D eigenvalue weighted by Gasteiger charge is 2.19. The normalized spacial score (nSPS) is 17.9. The molecule has 0 aromatic carbocycles. The van der Waals surface area contributed by atoms with Crippen molar-refractivity contribution >= 4 is 17.3 Å². The molecule has 3 heterocycles. The highest BCUT2D eigenvalue weighted by atomic mass is 32.1. The van der Waals surface area contributed by atoms with Crippen LogP contribution < -0.4 is 5.32 Å². The summed E-state index contributed by atoms with van der Waals surface area (Å²) >= 11 is 1.75. The molecule has 0 saturated carbocycles. The zero-order chi connectivity index (χ0) is 17.6. The van der Waals surface area contributed by atoms with Crippen LogP contribution in [0.3, 0.4) is 0 Å². The lowest BCUT2D eigenvalue weighted by Gasteiger charge is -2.24. The number of aromatic nitrogens is 3. The highest BCUT2D eigenvalue weighted by Crippen LogP contribution is 2.14. The van der Waals surface area contributed by atoms with Crippen molar-refractivity contribution in [2.45, 2.75) is 26.4 Å². The third-order valence-corrected chi connectivity index (χ3v) is 5.35. The number of rotatable bonds is 6. The van der Waals surface area contributed by atoms with Crippen molar-refractivity contribution in [3.05, 3.63) is 34.0 Å². The molecule has 1 unspecified atom stereocenters. The molecule has 0 radical (unpaired) electrons. The number of aliphatic imine (C=N–C) groups is 1. The Balaban J connectivity index is 1.67. The van der Waals surface area contributed by atoms with Crippen LogP contribution in [0.4, 0.5) is 0 Å². The number of aryl methyl sites for hydroxylation is 1. The molecule has 2 aromatic rings. The maximum Gasteiger partial charge on any atom is 0.194 e. The van der Waals surface area contributed by atoms with Crippen LogP contribution in [-0.2, 0) is 24.9 Å². The number of hydrogen-bond donors (Lipinski definition) is 1. The fourth-order valence-electron chi connectivity index (χ4n) is 2.83. The molecule has 1 aliphatic heterocycles. The zero-order valence-electron chi connectivity index (χ0n) is 15.1. The van der Waals surface area contributed by atoms with Crippen LogP contribution in [0, 0.1) is 12.8 Å². The maximum absolute atomic E-state index is 5.50. The first kappa shape index (κ1) is 17.9. The summed E-state index contributed by atoms with van der Waals surface area (Å²) < 4.78 is 7.47. The molecule has 0 spiro atoms. The van der Waals surface area contributed by atoms with Crippen LogP contribution in [0.5, 0.6) is 0 Å². The average molecular weight is 363 g/mol. The van der Waals surface area contributed by atoms with Crippen LogP contribution in [-0.4, -0.2) is 52.4 Å². The zero-order valence-corrected chi connectivity index (χ0v) is 15.9. The summed E-state index contributed by atoms with van der Waals surface area (Å²) in [6.07, 6.45) is 1.12. The molecule has 1 atom stereocenters. The standard InChI is InChI=1S/C17H26N6OS/c1-13-20-21-16(23(13)3)10-19-17(18-9-15-5-4-8-25-15)22(2)11-14-6-7-24-12-14/h4-5,8,14H,6-7,9-12H2,1-3H3,(H,18,19). The minimum absolute atomic E-state index is 0.510. The lowest BCUT2D eigenvalue weighted by molar-refractivity contribution is 0.181. The Hall–Kier alpha value is -1.93. The Morgan fingerprint density at radius 2 is 2.40 bits per heavy atom. The molecular formula is C17H26N6OS. The summed E-state index contributed by atoms with van der Waals surface area (Å²) in [6.45, 7) is 5.88. The van der Waals surface area contributed by atoms with E-state index in [4.69, 9.17) is 9.73 Å². The van der Waals surface area contributed by atoms with Gasteiger partial charge in [-0.3, -0.25) is 0 Å². The molecule has 0 bridgehead atoms. The Labute approximate surface area is 152 Å². The number of nitrogens with zero attached hydrogens (tertiary/aromatic N) is 5. The second kappa shape index (κ2) is 8.44. The van der Waals surface area contributed by atoms with Gasteiger partial charge in [-0.2, -0.15) is 0 Å². The first-order chi connectivity index (χ1) is 12.1. The molecule has 1 fully saturated rings. The molecule has 0 amide bonds. The molecule has 1 aliphatic rings. The van der Waals surface area contributed by atoms with Crippen molar-refractivity contribution in [2.24, 2.45) is 18.0 Å². The van der Waals surface area contributed by atoms with Gasteiger partial charge in [0.05, 0.1) is 13.2 Å². The van der Waals surface area contributed by atoms with Gasteiger partial charge in [-0.1, -0.05) is 6.07 Å². The van der Waals surface area contributed by atoms with Crippen molar-refractivity contribution in [1.29, 1.82) is 0 Å². The van der Waals surface area contributed by atoms with Crippen LogP contribution >= 0.6 is 11.3 Å². The molecule has 2 aromatic heterocycles. The van der Waals surface area contributed by atoms with Crippen molar-refractivity contribution in [3.63, 3.8) is 0 Å². The van der Waals surface area contributed by atoms with Gasteiger partial charge in [-0.05, 0) is 24.8 Å². The van der Waals surface area contributed by atoms with E-state index in [0.717, 1.165) is 50.3 Å². The number of thiophene rings is 1. The molecule has 7 nitrogen and oxygen atoms in total. The fourth-order valence-corrected chi connectivity index (χ4v) is 3.47. The molecule has 136 valence electrons. The summed E-state index contributed by atoms with van der Waals surface area (Å²) in [5, 5.41) is 13.9. The van der Waals surface area contributed by atoms with Crippen molar-refractivity contribution in [1.82, 2.24) is 25.0 Å². The van der Waals surface area contributed by atoms with Gasteiger partial charge >= 0.3 is 0 Å². The van der Waals surface area contributed by atoms with E-state index in [9.17, 15) is 0 Å². The molecule has 25 heavy (non-hydrogen) atoms. The van der Waals surface area contributed by atoms with Gasteiger partial charge in [-0.15, -0.1) is 21.5 Å². The van der Waals surface area contributed by atoms with Crippen LogP contribution in [0.2, 0.25) is 0 Å². The summed E-state index contributed by atoms with van der Waals surface area (Å²) in [4.78, 5) is 8.26. The van der Waals surface area contributed by atoms with E-state index in [1.807, 2.05) is 18.5 Å². The van der Waals surface area contributed by atoms with Gasteiger partial charge in [0.1, 0.15) is 12.4 Å². The monoisotopic (exact) mass is 362 g/mol. The predicted molar refractivity (Wildman–Crippen MR) is 99.6 cm³/mol. The van der Waals surface area contributed by atoms with Gasteiger partial charge in [0.2, 0.25) is 0 Å². The molecule has 1 N–H and O–H groups in total. The molecule has 0 aliphatic carbocycles. The van der Waals surface area contributed by atoms with Crippen LogP contribution in [0.15, 0.2) is 22.5 Å². The Morgan fingerprint density at radius 3 is 3.04 bits per heavy atom. The van der Waals surface area contributed by atoms with Gasteiger partial charge in [-0.25, -0.2) is 4.99 Å². The van der Waals surface area contributed by atoms with Gasteiger partial charge < -0.3 is 19.5 Å². The summed E-state index contributed by atoms with van der Waals surface area (Å²) in [5.74, 6) is 3.22. The molecule has 8 heteroatoms. The first-order valence-electron chi connectivity index (χ1n) is 8.58. The van der Waals surface area contributed by atoms with Crippen molar-refractivity contribution < 1.29 is 4.74 Å². The van der Waals surface area contributed by atoms with E-state index in [2.05, 4.69) is 45.0 Å². The Morgan fingerprint density at radius 1 is 1.52 bits per heavy atom. The highest BCUT2D eigenvalue weighted by molar-refractivity contribution is 7.09. The Bertz CT molecular complexity index is 690. The van der Waals surface area contributed by atoms with E-state index >= 15 is 0 Å². The Kier molecular flexibility index (Phi) is 6.04. The SMILES string of the molecule is Cc1nnc(CN=C(NCc2cccs2)N(C)CC2CCOC2)n1C. The number of hydrogen-bond acceptors (Lipinski definition) is 5. The molecular weight excluding hydrogens is 336 g/mol. The summed E-state index contributed by atoms with van der Waals surface area (Å²) in [7, 11) is 4.05. The second-order valence-electron chi connectivity index (χ2n) is 6.41. The number of ether oxygens (including phenoxy) is 1. The lowest BCUT2D eigenvalue weighted by atomic mass is 10.1. The van der Waals surface area contributed by atoms with E-state index in [1.165, 1.54) is 4.88 Å². The van der Waals surface area contributed by atoms with Gasteiger partial charge in [0.25, 0.3) is 0 Å². The topological polar surface area (TPSA) is 67.6 Å². The first-order valence-corrected chi connectivity index (χ1v) is 9.46. The smallest absolute Gasteiger partial charge is 0.194 e. The van der Waals surface area contributed by atoms with Crippen LogP contribution in [0.1, 0.15) is 22.9 Å². The minimum atomic E-state index is 0.510. The number of nitrogens with one attached hydrogen (secondary N) is 1. The molecule has 1 saturated heterocycles. The minimum Gasteiger partial charge on any atom is -0.381 e. The fraction of sp³-hybridized carbons (Fsp3) is 0.588. The largest absolute Gasteiger partial charge is 0.381 e. The third kappa shape index (κ3) is 4.79. The summed E-state index contributed by atoms with van der Waals surface area (Å²) in [6, 6.07) is 4.20. The molecule has 3 rings (SSSR count). The maximum atomic E-state index is 5.50. The second-order valence-corrected chi connectivity index (χ2v) is 7.44. The van der Waals surface area contributed by atoms with Crippen molar-refractivity contribution in [2.75, 3.05) is 26.8 Å². The average Bonchev–Trinajstić information content (AvgIpc) is 3.34. The quantitative estimate of drug-likeness (QED) is 0.627. The third-order valence-electron chi connectivity index (χ3n) is 4.47. The number of guanidine groups is 1. The van der Waals surface area contributed by atoms with E-state index in [1.54, 1.807) is 11.3 Å².